The van der Waals surface area contributed by atoms with Gasteiger partial charge in [0.15, 0.2) is 6.29 Å². The Bertz CT molecular complexity index is 150. The Morgan fingerprint density at radius 2 is 1.86 bits per heavy atom. The van der Waals surface area contributed by atoms with Gasteiger partial charge in [-0.15, -0.1) is 6.58 Å². The molecule has 0 aliphatic heterocycles. The Labute approximate surface area is 88.3 Å². The number of methoxy groups -OCH3 is 2. The van der Waals surface area contributed by atoms with E-state index in [1.54, 1.807) is 14.2 Å². The van der Waals surface area contributed by atoms with E-state index >= 15 is 0 Å². The van der Waals surface area contributed by atoms with Crippen LogP contribution in [0.25, 0.3) is 0 Å². The average molecular weight is 200 g/mol. The quantitative estimate of drug-likeness (QED) is 0.442. The first-order valence-electron chi connectivity index (χ1n) is 5.30. The van der Waals surface area contributed by atoms with Gasteiger partial charge in [-0.25, -0.2) is 0 Å². The monoisotopic (exact) mass is 200 g/mol. The number of allylic oxidation sites excluding steroid dienone is 1. The fourth-order valence-electron chi connectivity index (χ4n) is 1.49. The number of ether oxygens (including phenoxy) is 2. The third kappa shape index (κ3) is 7.10. The third-order valence-electron chi connectivity index (χ3n) is 2.42. The van der Waals surface area contributed by atoms with Gasteiger partial charge in [0.25, 0.3) is 0 Å². The zero-order valence-corrected chi connectivity index (χ0v) is 10.0. The topological polar surface area (TPSA) is 18.5 Å². The molecule has 0 aromatic heterocycles. The highest BCUT2D eigenvalue weighted by atomic mass is 16.7. The van der Waals surface area contributed by atoms with Crippen molar-refractivity contribution < 1.29 is 9.47 Å². The van der Waals surface area contributed by atoms with Gasteiger partial charge in [0.1, 0.15) is 0 Å². The normalized spacial score (nSPS) is 13.2. The van der Waals surface area contributed by atoms with Gasteiger partial charge < -0.3 is 9.47 Å². The summed E-state index contributed by atoms with van der Waals surface area (Å²) >= 11 is 0. The average Bonchev–Trinajstić information content (AvgIpc) is 2.13. The second kappa shape index (κ2) is 8.01. The van der Waals surface area contributed by atoms with E-state index in [2.05, 4.69) is 20.4 Å². The molecule has 1 atom stereocenters. The minimum Gasteiger partial charge on any atom is -0.356 e. The lowest BCUT2D eigenvalue weighted by molar-refractivity contribution is -0.113. The summed E-state index contributed by atoms with van der Waals surface area (Å²) in [5.41, 5.74) is 1.27. The largest absolute Gasteiger partial charge is 0.356 e. The van der Waals surface area contributed by atoms with Crippen molar-refractivity contribution in [3.63, 3.8) is 0 Å². The maximum absolute atomic E-state index is 5.16. The second-order valence-corrected chi connectivity index (χ2v) is 4.09. The maximum Gasteiger partial charge on any atom is 0.157 e. The predicted octanol–water partition coefficient (Wildman–Crippen LogP) is 3.38. The van der Waals surface area contributed by atoms with Crippen LogP contribution in [0.5, 0.6) is 0 Å². The van der Waals surface area contributed by atoms with Crippen molar-refractivity contribution >= 4 is 0 Å². The Hall–Kier alpha value is -0.340. The summed E-state index contributed by atoms with van der Waals surface area (Å²) in [6.07, 6.45) is 4.50. The van der Waals surface area contributed by atoms with Crippen LogP contribution in [0.3, 0.4) is 0 Å². The van der Waals surface area contributed by atoms with Crippen LogP contribution in [-0.2, 0) is 9.47 Å². The summed E-state index contributed by atoms with van der Waals surface area (Å²) in [5.74, 6) is 0.652. The Balaban J connectivity index is 3.53. The van der Waals surface area contributed by atoms with Crippen LogP contribution < -0.4 is 0 Å². The fourth-order valence-corrected chi connectivity index (χ4v) is 1.49. The van der Waals surface area contributed by atoms with Gasteiger partial charge in [0.05, 0.1) is 0 Å². The van der Waals surface area contributed by atoms with Crippen molar-refractivity contribution in [2.45, 2.75) is 45.8 Å². The number of hydrogen-bond acceptors (Lipinski definition) is 2. The third-order valence-corrected chi connectivity index (χ3v) is 2.42. The molecule has 0 aromatic carbocycles. The minimum absolute atomic E-state index is 0.0465. The van der Waals surface area contributed by atoms with E-state index in [1.807, 2.05) is 0 Å². The maximum atomic E-state index is 5.16. The standard InChI is InChI=1S/C12H24O2/c1-10(2)7-6-8-11(3)9-12(13-4)14-5/h11-12H,1,6-9H2,2-5H3/t11-/m1/s1. The molecule has 0 rings (SSSR count). The first-order valence-corrected chi connectivity index (χ1v) is 5.30. The highest BCUT2D eigenvalue weighted by Crippen LogP contribution is 2.17. The van der Waals surface area contributed by atoms with Gasteiger partial charge in [-0.3, -0.25) is 0 Å². The molecule has 0 amide bonds. The van der Waals surface area contributed by atoms with Crippen molar-refractivity contribution in [2.75, 3.05) is 14.2 Å². The highest BCUT2D eigenvalue weighted by molar-refractivity contribution is 4.87. The van der Waals surface area contributed by atoms with Gasteiger partial charge in [-0.05, 0) is 25.7 Å². The van der Waals surface area contributed by atoms with Crippen LogP contribution in [-0.4, -0.2) is 20.5 Å². The van der Waals surface area contributed by atoms with E-state index in [4.69, 9.17) is 9.47 Å². The number of hydrogen-bond donors (Lipinski definition) is 0. The Morgan fingerprint density at radius 1 is 1.29 bits per heavy atom. The zero-order valence-electron chi connectivity index (χ0n) is 10.0. The van der Waals surface area contributed by atoms with Crippen molar-refractivity contribution in [2.24, 2.45) is 5.92 Å². The summed E-state index contributed by atoms with van der Waals surface area (Å²) in [7, 11) is 3.38. The second-order valence-electron chi connectivity index (χ2n) is 4.09. The molecule has 0 heterocycles. The molecule has 0 spiro atoms. The molecule has 0 aromatic rings. The molecule has 2 heteroatoms. The molecule has 0 saturated heterocycles. The first kappa shape index (κ1) is 13.7. The molecule has 0 aliphatic rings. The smallest absolute Gasteiger partial charge is 0.157 e. The molecule has 14 heavy (non-hydrogen) atoms. The summed E-state index contributed by atoms with van der Waals surface area (Å²) in [6.45, 7) is 8.22. The SMILES string of the molecule is C=C(C)CCC[C@@H](C)CC(OC)OC. The van der Waals surface area contributed by atoms with Crippen LogP contribution in [0, 0.1) is 5.92 Å². The van der Waals surface area contributed by atoms with Crippen molar-refractivity contribution in [3.8, 4) is 0 Å². The molecule has 2 nitrogen and oxygen atoms in total. The van der Waals surface area contributed by atoms with Gasteiger partial charge in [-0.2, -0.15) is 0 Å². The summed E-state index contributed by atoms with van der Waals surface area (Å²) in [6, 6.07) is 0. The molecule has 0 saturated carbocycles. The summed E-state index contributed by atoms with van der Waals surface area (Å²) in [4.78, 5) is 0. The van der Waals surface area contributed by atoms with Crippen LogP contribution in [0.15, 0.2) is 12.2 Å². The van der Waals surface area contributed by atoms with Gasteiger partial charge in [-0.1, -0.05) is 18.9 Å². The first-order chi connectivity index (χ1) is 6.60. The molecule has 84 valence electrons. The fraction of sp³-hybridized carbons (Fsp3) is 0.833. The van der Waals surface area contributed by atoms with Crippen molar-refractivity contribution in [3.05, 3.63) is 12.2 Å². The lowest BCUT2D eigenvalue weighted by atomic mass is 9.99. The van der Waals surface area contributed by atoms with E-state index in [0.29, 0.717) is 5.92 Å². The van der Waals surface area contributed by atoms with Crippen LogP contribution in [0.4, 0.5) is 0 Å². The molecular weight excluding hydrogens is 176 g/mol. The minimum atomic E-state index is -0.0465. The summed E-state index contributed by atoms with van der Waals surface area (Å²) in [5, 5.41) is 0. The predicted molar refractivity (Wildman–Crippen MR) is 60.3 cm³/mol. The van der Waals surface area contributed by atoms with Crippen molar-refractivity contribution in [1.29, 1.82) is 0 Å². The molecule has 0 unspecified atom stereocenters. The van der Waals surface area contributed by atoms with E-state index in [1.165, 1.54) is 18.4 Å². The summed E-state index contributed by atoms with van der Waals surface area (Å²) < 4.78 is 10.3. The molecule has 0 aliphatic carbocycles. The van der Waals surface area contributed by atoms with Gasteiger partial charge in [0, 0.05) is 20.6 Å². The van der Waals surface area contributed by atoms with E-state index in [0.717, 1.165) is 12.8 Å². The lowest BCUT2D eigenvalue weighted by Crippen LogP contribution is -2.16. The van der Waals surface area contributed by atoms with Gasteiger partial charge in [0.2, 0.25) is 0 Å². The molecule has 0 bridgehead atoms. The van der Waals surface area contributed by atoms with E-state index in [9.17, 15) is 0 Å². The zero-order chi connectivity index (χ0) is 11.0. The molecule has 0 N–H and O–H groups in total. The van der Waals surface area contributed by atoms with Gasteiger partial charge >= 0.3 is 0 Å². The van der Waals surface area contributed by atoms with Crippen LogP contribution in [0.2, 0.25) is 0 Å². The molecule has 0 fully saturated rings. The molecular formula is C12H24O2. The Morgan fingerprint density at radius 3 is 2.29 bits per heavy atom. The van der Waals surface area contributed by atoms with Crippen LogP contribution in [0.1, 0.15) is 39.5 Å². The number of rotatable bonds is 8. The molecule has 0 radical (unpaired) electrons. The van der Waals surface area contributed by atoms with Crippen molar-refractivity contribution in [1.82, 2.24) is 0 Å². The van der Waals surface area contributed by atoms with E-state index in [-0.39, 0.29) is 6.29 Å². The van der Waals surface area contributed by atoms with E-state index < -0.39 is 0 Å². The lowest BCUT2D eigenvalue weighted by Gasteiger charge is -2.18. The highest BCUT2D eigenvalue weighted by Gasteiger charge is 2.10. The van der Waals surface area contributed by atoms with Crippen LogP contribution >= 0.6 is 0 Å². The Kier molecular flexibility index (Phi) is 7.81.